The highest BCUT2D eigenvalue weighted by atomic mass is 79.9. The fraction of sp³-hybridized carbons (Fsp3) is 0.0588. The van der Waals surface area contributed by atoms with Crippen molar-refractivity contribution in [2.75, 3.05) is 7.11 Å². The number of methoxy groups -OCH3 is 1. The van der Waals surface area contributed by atoms with Crippen LogP contribution in [0.15, 0.2) is 56.8 Å². The van der Waals surface area contributed by atoms with Crippen LogP contribution in [0.5, 0.6) is 5.75 Å². The highest BCUT2D eigenvalue weighted by Gasteiger charge is 2.24. The summed E-state index contributed by atoms with van der Waals surface area (Å²) >= 11 is 4.45. The molecule has 2 aromatic rings. The second-order valence-electron chi connectivity index (χ2n) is 5.12. The summed E-state index contributed by atoms with van der Waals surface area (Å²) in [7, 11) is 1.57. The average molecular weight is 434 g/mol. The summed E-state index contributed by atoms with van der Waals surface area (Å²) in [5, 5.41) is 13.9. The van der Waals surface area contributed by atoms with Crippen LogP contribution in [0.1, 0.15) is 5.56 Å². The molecule has 0 aliphatic carbocycles. The van der Waals surface area contributed by atoms with Crippen molar-refractivity contribution in [3.8, 4) is 5.75 Å². The van der Waals surface area contributed by atoms with E-state index in [0.29, 0.717) is 26.0 Å². The van der Waals surface area contributed by atoms with E-state index in [1.165, 1.54) is 30.0 Å². The first kappa shape index (κ1) is 18.2. The van der Waals surface area contributed by atoms with Gasteiger partial charge in [-0.3, -0.25) is 14.9 Å². The molecule has 7 nitrogen and oxygen atoms in total. The number of amidine groups is 1. The molecule has 9 heteroatoms. The number of amides is 1. The first-order valence-corrected chi connectivity index (χ1v) is 8.95. The van der Waals surface area contributed by atoms with Gasteiger partial charge in [0.05, 0.1) is 27.1 Å². The number of nitrogens with one attached hydrogen (secondary N) is 1. The number of thioether (sulfide) groups is 1. The zero-order valence-corrected chi connectivity index (χ0v) is 15.8. The standard InChI is InChI=1S/C17H12BrN3O4S/c1-25-14-5-3-2-4-10(14)8-15-16(22)20-17(26-15)19-13-7-6-11(21(23)24)9-12(13)18/h2-9H,1H3,(H,19,20,22)/b15-8+. The number of aliphatic imine (C=N–C) groups is 1. The average Bonchev–Trinajstić information content (AvgIpc) is 2.96. The molecule has 1 fully saturated rings. The van der Waals surface area contributed by atoms with Crippen LogP contribution in [-0.2, 0) is 4.79 Å². The monoisotopic (exact) mass is 433 g/mol. The van der Waals surface area contributed by atoms with E-state index in [9.17, 15) is 14.9 Å². The summed E-state index contributed by atoms with van der Waals surface area (Å²) in [6.45, 7) is 0. The molecule has 2 aromatic carbocycles. The van der Waals surface area contributed by atoms with E-state index in [2.05, 4.69) is 26.2 Å². The largest absolute Gasteiger partial charge is 0.496 e. The van der Waals surface area contributed by atoms with Crippen molar-refractivity contribution in [2.24, 2.45) is 4.99 Å². The third-order valence-corrected chi connectivity index (χ3v) is 4.99. The van der Waals surface area contributed by atoms with E-state index in [4.69, 9.17) is 4.74 Å². The van der Waals surface area contributed by atoms with Gasteiger partial charge >= 0.3 is 0 Å². The number of rotatable bonds is 4. The molecule has 0 aromatic heterocycles. The van der Waals surface area contributed by atoms with Crippen molar-refractivity contribution in [1.29, 1.82) is 0 Å². The van der Waals surface area contributed by atoms with Gasteiger partial charge in [-0.15, -0.1) is 0 Å². The Morgan fingerprint density at radius 3 is 2.77 bits per heavy atom. The summed E-state index contributed by atoms with van der Waals surface area (Å²) in [5.74, 6) is 0.398. The van der Waals surface area contributed by atoms with Crippen LogP contribution in [-0.4, -0.2) is 23.1 Å². The van der Waals surface area contributed by atoms with Crippen LogP contribution in [0, 0.1) is 10.1 Å². The predicted octanol–water partition coefficient (Wildman–Crippen LogP) is 4.26. The molecule has 1 aliphatic heterocycles. The van der Waals surface area contributed by atoms with E-state index in [0.717, 1.165) is 5.56 Å². The van der Waals surface area contributed by atoms with Crippen LogP contribution >= 0.6 is 27.7 Å². The van der Waals surface area contributed by atoms with Crippen molar-refractivity contribution in [1.82, 2.24) is 5.32 Å². The predicted molar refractivity (Wildman–Crippen MR) is 105 cm³/mol. The molecule has 0 unspecified atom stereocenters. The van der Waals surface area contributed by atoms with Gasteiger partial charge in [-0.1, -0.05) is 18.2 Å². The normalized spacial score (nSPS) is 16.8. The van der Waals surface area contributed by atoms with Gasteiger partial charge < -0.3 is 10.1 Å². The molecule has 1 heterocycles. The number of benzene rings is 2. The summed E-state index contributed by atoms with van der Waals surface area (Å²) in [6, 6.07) is 11.6. The van der Waals surface area contributed by atoms with Gasteiger partial charge in [0, 0.05) is 17.7 Å². The molecule has 1 saturated heterocycles. The van der Waals surface area contributed by atoms with Crippen molar-refractivity contribution in [3.05, 3.63) is 67.5 Å². The second-order valence-corrected chi connectivity index (χ2v) is 7.00. The third-order valence-electron chi connectivity index (χ3n) is 3.44. The maximum absolute atomic E-state index is 12.2. The molecule has 1 amide bonds. The Morgan fingerprint density at radius 2 is 2.08 bits per heavy atom. The summed E-state index contributed by atoms with van der Waals surface area (Å²) in [6.07, 6.45) is 1.73. The highest BCUT2D eigenvalue weighted by Crippen LogP contribution is 2.33. The van der Waals surface area contributed by atoms with Gasteiger partial charge in [-0.25, -0.2) is 4.99 Å². The minimum absolute atomic E-state index is 0.0410. The number of ether oxygens (including phenoxy) is 1. The molecule has 0 radical (unpaired) electrons. The topological polar surface area (TPSA) is 93.8 Å². The van der Waals surface area contributed by atoms with Crippen LogP contribution in [0.25, 0.3) is 6.08 Å². The van der Waals surface area contributed by atoms with Gasteiger partial charge in [0.1, 0.15) is 5.75 Å². The van der Waals surface area contributed by atoms with E-state index >= 15 is 0 Å². The fourth-order valence-corrected chi connectivity index (χ4v) is 3.50. The molecule has 0 saturated carbocycles. The minimum Gasteiger partial charge on any atom is -0.496 e. The number of halogens is 1. The molecule has 132 valence electrons. The lowest BCUT2D eigenvalue weighted by Gasteiger charge is -2.03. The van der Waals surface area contributed by atoms with E-state index < -0.39 is 4.92 Å². The Labute approximate surface area is 161 Å². The van der Waals surface area contributed by atoms with Gasteiger partial charge in [0.15, 0.2) is 5.17 Å². The van der Waals surface area contributed by atoms with E-state index in [1.807, 2.05) is 24.3 Å². The SMILES string of the molecule is COc1ccccc1/C=C1/SC(=Nc2ccc([N+](=O)[O-])cc2Br)NC1=O. The second kappa shape index (κ2) is 7.71. The lowest BCUT2D eigenvalue weighted by atomic mass is 10.2. The summed E-state index contributed by atoms with van der Waals surface area (Å²) < 4.78 is 5.75. The number of nitrogens with zero attached hydrogens (tertiary/aromatic N) is 2. The molecule has 0 bridgehead atoms. The maximum Gasteiger partial charge on any atom is 0.270 e. The molecule has 26 heavy (non-hydrogen) atoms. The first-order valence-electron chi connectivity index (χ1n) is 7.34. The van der Waals surface area contributed by atoms with Crippen molar-refractivity contribution < 1.29 is 14.5 Å². The fourth-order valence-electron chi connectivity index (χ4n) is 2.22. The number of para-hydroxylation sites is 1. The van der Waals surface area contributed by atoms with Gasteiger partial charge in [0.2, 0.25) is 0 Å². The van der Waals surface area contributed by atoms with Crippen molar-refractivity contribution >= 4 is 56.2 Å². The first-order chi connectivity index (χ1) is 12.5. The number of non-ortho nitro benzene ring substituents is 1. The zero-order valence-electron chi connectivity index (χ0n) is 13.4. The van der Waals surface area contributed by atoms with Gasteiger partial charge in [0.25, 0.3) is 11.6 Å². The van der Waals surface area contributed by atoms with Crippen molar-refractivity contribution in [3.63, 3.8) is 0 Å². The van der Waals surface area contributed by atoms with Crippen molar-refractivity contribution in [2.45, 2.75) is 0 Å². The Morgan fingerprint density at radius 1 is 1.31 bits per heavy atom. The van der Waals surface area contributed by atoms with Crippen LogP contribution < -0.4 is 10.1 Å². The molecular formula is C17H12BrN3O4S. The smallest absolute Gasteiger partial charge is 0.270 e. The Bertz CT molecular complexity index is 959. The molecule has 0 atom stereocenters. The number of nitro groups is 1. The third kappa shape index (κ3) is 3.94. The molecular weight excluding hydrogens is 422 g/mol. The number of carbonyl (C=O) groups is 1. The molecule has 3 rings (SSSR count). The number of hydrogen-bond acceptors (Lipinski definition) is 6. The number of hydrogen-bond donors (Lipinski definition) is 1. The number of nitro benzene ring substituents is 1. The van der Waals surface area contributed by atoms with Crippen LogP contribution in [0.2, 0.25) is 0 Å². The Kier molecular flexibility index (Phi) is 5.38. The Balaban J connectivity index is 1.87. The summed E-state index contributed by atoms with van der Waals surface area (Å²) in [4.78, 5) is 27.3. The van der Waals surface area contributed by atoms with Gasteiger partial charge in [-0.2, -0.15) is 0 Å². The quantitative estimate of drug-likeness (QED) is 0.441. The van der Waals surface area contributed by atoms with Gasteiger partial charge in [-0.05, 0) is 45.9 Å². The Hall–Kier alpha value is -2.65. The lowest BCUT2D eigenvalue weighted by Crippen LogP contribution is -2.19. The number of carbonyl (C=O) groups excluding carboxylic acids is 1. The van der Waals surface area contributed by atoms with E-state index in [1.54, 1.807) is 13.2 Å². The molecule has 1 N–H and O–H groups in total. The maximum atomic E-state index is 12.2. The van der Waals surface area contributed by atoms with Crippen LogP contribution in [0.4, 0.5) is 11.4 Å². The molecule has 0 spiro atoms. The highest BCUT2D eigenvalue weighted by molar-refractivity contribution is 9.10. The zero-order chi connectivity index (χ0) is 18.7. The van der Waals surface area contributed by atoms with E-state index in [-0.39, 0.29) is 11.6 Å². The van der Waals surface area contributed by atoms with Crippen LogP contribution in [0.3, 0.4) is 0 Å². The minimum atomic E-state index is -0.484. The lowest BCUT2D eigenvalue weighted by molar-refractivity contribution is -0.384. The summed E-state index contributed by atoms with van der Waals surface area (Å²) in [5.41, 5.74) is 1.23. The molecule has 1 aliphatic rings.